The van der Waals surface area contributed by atoms with Crippen LogP contribution in [0.3, 0.4) is 0 Å². The predicted octanol–water partition coefficient (Wildman–Crippen LogP) is 3.30. The summed E-state index contributed by atoms with van der Waals surface area (Å²) in [6, 6.07) is 8.24. The van der Waals surface area contributed by atoms with Crippen LogP contribution < -0.4 is 5.32 Å². The molecule has 0 unspecified atom stereocenters. The molecular weight excluding hydrogens is 230 g/mol. The molecule has 0 saturated heterocycles. The molecule has 17 heavy (non-hydrogen) atoms. The van der Waals surface area contributed by atoms with Crippen LogP contribution in [0.25, 0.3) is 10.8 Å². The minimum absolute atomic E-state index is 0.804. The van der Waals surface area contributed by atoms with Gasteiger partial charge < -0.3 is 5.32 Å². The van der Waals surface area contributed by atoms with Crippen LogP contribution in [0.15, 0.2) is 48.4 Å². The second-order valence-corrected chi connectivity index (χ2v) is 4.69. The van der Waals surface area contributed by atoms with Gasteiger partial charge in [0.2, 0.25) is 0 Å². The third-order valence-corrected chi connectivity index (χ3v) is 3.40. The molecule has 0 amide bonds. The van der Waals surface area contributed by atoms with Crippen LogP contribution in [0.4, 0.5) is 5.69 Å². The van der Waals surface area contributed by atoms with Crippen molar-refractivity contribution in [2.24, 2.45) is 0 Å². The molecule has 0 fully saturated rings. The zero-order valence-corrected chi connectivity index (χ0v) is 9.95. The van der Waals surface area contributed by atoms with E-state index in [2.05, 4.69) is 33.5 Å². The molecule has 0 spiro atoms. The van der Waals surface area contributed by atoms with Crippen LogP contribution >= 0.6 is 11.3 Å². The van der Waals surface area contributed by atoms with Crippen molar-refractivity contribution >= 4 is 27.8 Å². The lowest BCUT2D eigenvalue weighted by atomic mass is 10.1. The molecule has 3 aromatic rings. The third-order valence-electron chi connectivity index (χ3n) is 2.62. The van der Waals surface area contributed by atoms with Crippen LogP contribution in [-0.2, 0) is 6.54 Å². The summed E-state index contributed by atoms with van der Waals surface area (Å²) in [7, 11) is 0. The van der Waals surface area contributed by atoms with E-state index < -0.39 is 0 Å². The van der Waals surface area contributed by atoms with Gasteiger partial charge in [0.1, 0.15) is 0 Å². The van der Waals surface area contributed by atoms with E-state index in [0.29, 0.717) is 0 Å². The summed E-state index contributed by atoms with van der Waals surface area (Å²) in [6.07, 6.45) is 5.60. The minimum Gasteiger partial charge on any atom is -0.380 e. The van der Waals surface area contributed by atoms with Crippen LogP contribution in [0.1, 0.15) is 4.88 Å². The zero-order valence-electron chi connectivity index (χ0n) is 9.13. The van der Waals surface area contributed by atoms with Crippen LogP contribution in [-0.4, -0.2) is 9.97 Å². The lowest BCUT2D eigenvalue weighted by molar-refractivity contribution is 1.18. The minimum atomic E-state index is 0.804. The van der Waals surface area contributed by atoms with Crippen molar-refractivity contribution in [3.63, 3.8) is 0 Å². The maximum atomic E-state index is 4.17. The molecular formula is C13H11N3S. The van der Waals surface area contributed by atoms with E-state index in [0.717, 1.165) is 17.6 Å². The van der Waals surface area contributed by atoms with Crippen molar-refractivity contribution in [2.75, 3.05) is 5.32 Å². The Hall–Kier alpha value is -1.94. The fourth-order valence-electron chi connectivity index (χ4n) is 1.78. The normalized spacial score (nSPS) is 10.6. The molecule has 0 bridgehead atoms. The lowest BCUT2D eigenvalue weighted by Crippen LogP contribution is -1.98. The van der Waals surface area contributed by atoms with E-state index >= 15 is 0 Å². The first-order valence-corrected chi connectivity index (χ1v) is 6.25. The number of hydrogen-bond acceptors (Lipinski definition) is 4. The summed E-state index contributed by atoms with van der Waals surface area (Å²) in [5, 5.41) is 5.78. The Morgan fingerprint density at radius 1 is 1.12 bits per heavy atom. The van der Waals surface area contributed by atoms with Gasteiger partial charge in [0, 0.05) is 34.5 Å². The number of aromatic nitrogens is 2. The summed E-state index contributed by atoms with van der Waals surface area (Å²) in [5.74, 6) is 0. The third kappa shape index (κ3) is 2.12. The smallest absolute Gasteiger partial charge is 0.0794 e. The Labute approximate surface area is 103 Å². The maximum Gasteiger partial charge on any atom is 0.0794 e. The first-order chi connectivity index (χ1) is 8.43. The molecule has 0 radical (unpaired) electrons. The summed E-state index contributed by atoms with van der Waals surface area (Å²) in [6.45, 7) is 0.804. The monoisotopic (exact) mass is 241 g/mol. The molecule has 2 aromatic heterocycles. The standard InChI is InChI=1S/C13H11N3S/c1-2-10-4-5-14-8-12(10)13(3-1)16-7-11-6-15-9-17-11/h1-6,8-9,16H,7H2. The fourth-order valence-corrected chi connectivity index (χ4v) is 2.31. The highest BCUT2D eigenvalue weighted by Gasteiger charge is 2.00. The molecule has 4 heteroatoms. The summed E-state index contributed by atoms with van der Waals surface area (Å²) < 4.78 is 0. The van der Waals surface area contributed by atoms with Gasteiger partial charge in [-0.1, -0.05) is 12.1 Å². The van der Waals surface area contributed by atoms with Gasteiger partial charge in [-0.05, 0) is 17.5 Å². The molecule has 0 aliphatic heterocycles. The molecule has 1 N–H and O–H groups in total. The summed E-state index contributed by atoms with van der Waals surface area (Å²) in [5.41, 5.74) is 2.96. The molecule has 1 aromatic carbocycles. The van der Waals surface area contributed by atoms with Crippen LogP contribution in [0, 0.1) is 0 Å². The molecule has 0 atom stereocenters. The Kier molecular flexibility index (Phi) is 2.71. The van der Waals surface area contributed by atoms with Crippen LogP contribution in [0.2, 0.25) is 0 Å². The molecule has 2 heterocycles. The number of rotatable bonds is 3. The second-order valence-electron chi connectivity index (χ2n) is 3.72. The Morgan fingerprint density at radius 3 is 3.00 bits per heavy atom. The number of nitrogens with one attached hydrogen (secondary N) is 1. The molecule has 3 nitrogen and oxygen atoms in total. The van der Waals surface area contributed by atoms with E-state index in [1.54, 1.807) is 11.3 Å². The number of anilines is 1. The second kappa shape index (κ2) is 4.51. The van der Waals surface area contributed by atoms with E-state index in [1.807, 2.05) is 30.2 Å². The Morgan fingerprint density at radius 2 is 2.12 bits per heavy atom. The van der Waals surface area contributed by atoms with Crippen molar-refractivity contribution < 1.29 is 0 Å². The lowest BCUT2D eigenvalue weighted by Gasteiger charge is -2.07. The van der Waals surface area contributed by atoms with Gasteiger partial charge in [-0.2, -0.15) is 0 Å². The van der Waals surface area contributed by atoms with E-state index in [9.17, 15) is 0 Å². The summed E-state index contributed by atoms with van der Waals surface area (Å²) in [4.78, 5) is 9.46. The van der Waals surface area contributed by atoms with Gasteiger partial charge in [0.25, 0.3) is 0 Å². The number of nitrogens with zero attached hydrogens (tertiary/aromatic N) is 2. The van der Waals surface area contributed by atoms with Crippen molar-refractivity contribution in [2.45, 2.75) is 6.54 Å². The molecule has 3 rings (SSSR count). The van der Waals surface area contributed by atoms with Gasteiger partial charge in [0.15, 0.2) is 0 Å². The van der Waals surface area contributed by atoms with Crippen molar-refractivity contribution in [1.82, 2.24) is 9.97 Å². The van der Waals surface area contributed by atoms with Gasteiger partial charge in [-0.3, -0.25) is 9.97 Å². The quantitative estimate of drug-likeness (QED) is 0.764. The van der Waals surface area contributed by atoms with Gasteiger partial charge >= 0.3 is 0 Å². The first kappa shape index (κ1) is 10.2. The molecule has 0 aliphatic rings. The summed E-state index contributed by atoms with van der Waals surface area (Å²) >= 11 is 1.66. The van der Waals surface area contributed by atoms with Crippen molar-refractivity contribution in [3.05, 3.63) is 53.2 Å². The molecule has 84 valence electrons. The average Bonchev–Trinajstić information content (AvgIpc) is 2.89. The number of hydrogen-bond donors (Lipinski definition) is 1. The zero-order chi connectivity index (χ0) is 11.5. The molecule has 0 aliphatic carbocycles. The SMILES string of the molecule is c1cc(NCc2cncs2)c2cnccc2c1. The van der Waals surface area contributed by atoms with Crippen LogP contribution in [0.5, 0.6) is 0 Å². The number of thiazole rings is 1. The fraction of sp³-hybridized carbons (Fsp3) is 0.0769. The number of benzene rings is 1. The highest BCUT2D eigenvalue weighted by molar-refractivity contribution is 7.09. The highest BCUT2D eigenvalue weighted by atomic mass is 32.1. The number of fused-ring (bicyclic) bond motifs is 1. The number of pyridine rings is 1. The van der Waals surface area contributed by atoms with Gasteiger partial charge in [-0.15, -0.1) is 11.3 Å². The van der Waals surface area contributed by atoms with Crippen molar-refractivity contribution in [3.8, 4) is 0 Å². The van der Waals surface area contributed by atoms with Crippen molar-refractivity contribution in [1.29, 1.82) is 0 Å². The van der Waals surface area contributed by atoms with Gasteiger partial charge in [0.05, 0.1) is 12.1 Å². The van der Waals surface area contributed by atoms with E-state index in [-0.39, 0.29) is 0 Å². The molecule has 0 saturated carbocycles. The van der Waals surface area contributed by atoms with E-state index in [1.165, 1.54) is 10.3 Å². The predicted molar refractivity (Wildman–Crippen MR) is 71.2 cm³/mol. The topological polar surface area (TPSA) is 37.8 Å². The Bertz CT molecular complexity index is 614. The van der Waals surface area contributed by atoms with E-state index in [4.69, 9.17) is 0 Å². The first-order valence-electron chi connectivity index (χ1n) is 5.37. The maximum absolute atomic E-state index is 4.17. The average molecular weight is 241 g/mol. The Balaban J connectivity index is 1.90. The largest absolute Gasteiger partial charge is 0.380 e. The highest BCUT2D eigenvalue weighted by Crippen LogP contribution is 2.22. The van der Waals surface area contributed by atoms with Gasteiger partial charge in [-0.25, -0.2) is 0 Å².